The van der Waals surface area contributed by atoms with E-state index in [1.807, 2.05) is 6.07 Å². The number of allylic oxidation sites excluding steroid dienone is 2. The summed E-state index contributed by atoms with van der Waals surface area (Å²) in [6, 6.07) is 8.37. The summed E-state index contributed by atoms with van der Waals surface area (Å²) in [6.45, 7) is 1.62. The molecule has 72 valence electrons. The van der Waals surface area contributed by atoms with Gasteiger partial charge >= 0.3 is 0 Å². The Balaban J connectivity index is 2.45. The first-order valence-electron chi connectivity index (χ1n) is 5.07. The molecule has 2 rings (SSSR count). The zero-order valence-corrected chi connectivity index (χ0v) is 8.42. The minimum absolute atomic E-state index is 0.150. The molecule has 0 spiro atoms. The molecule has 0 aliphatic heterocycles. The number of carbonyl (C=O) groups excluding carboxylic acids is 1. The Morgan fingerprint density at radius 3 is 2.86 bits per heavy atom. The maximum Gasteiger partial charge on any atom is 0.152 e. The molecule has 0 saturated heterocycles. The fraction of sp³-hybridized carbons (Fsp3) is 0.308. The molecule has 0 heterocycles. The van der Waals surface area contributed by atoms with Gasteiger partial charge in [-0.05, 0) is 49.0 Å². The molecule has 0 N–H and O–H groups in total. The summed E-state index contributed by atoms with van der Waals surface area (Å²) in [5.74, 6) is 0.150. The number of benzene rings is 1. The van der Waals surface area contributed by atoms with Crippen LogP contribution in [0.25, 0.3) is 5.57 Å². The van der Waals surface area contributed by atoms with Crippen molar-refractivity contribution in [2.45, 2.75) is 26.2 Å². The van der Waals surface area contributed by atoms with Crippen molar-refractivity contribution in [3.63, 3.8) is 0 Å². The smallest absolute Gasteiger partial charge is 0.152 e. The van der Waals surface area contributed by atoms with Gasteiger partial charge < -0.3 is 0 Å². The Labute approximate surface area is 84.5 Å². The van der Waals surface area contributed by atoms with Crippen molar-refractivity contribution >= 4 is 11.4 Å². The van der Waals surface area contributed by atoms with E-state index in [4.69, 9.17) is 0 Å². The van der Waals surface area contributed by atoms with Gasteiger partial charge in [0.1, 0.15) is 0 Å². The van der Waals surface area contributed by atoms with E-state index in [9.17, 15) is 4.79 Å². The quantitative estimate of drug-likeness (QED) is 0.616. The molecule has 0 fully saturated rings. The molecule has 0 saturated carbocycles. The largest absolute Gasteiger partial charge is 0.295 e. The summed E-state index contributed by atoms with van der Waals surface area (Å²) in [5.41, 5.74) is 3.86. The fourth-order valence-corrected chi connectivity index (χ4v) is 2.05. The predicted octanol–water partition coefficient (Wildman–Crippen LogP) is 3.00. The molecule has 0 atom stereocenters. The monoisotopic (exact) mass is 186 g/mol. The lowest BCUT2D eigenvalue weighted by Gasteiger charge is -2.18. The van der Waals surface area contributed by atoms with E-state index in [1.54, 1.807) is 13.0 Å². The van der Waals surface area contributed by atoms with Crippen LogP contribution in [0.5, 0.6) is 0 Å². The van der Waals surface area contributed by atoms with Crippen LogP contribution in [0.15, 0.2) is 30.3 Å². The number of hydrogen-bond donors (Lipinski definition) is 0. The molecule has 0 aromatic heterocycles. The Kier molecular flexibility index (Phi) is 2.49. The topological polar surface area (TPSA) is 17.1 Å². The third-order valence-corrected chi connectivity index (χ3v) is 2.63. The lowest BCUT2D eigenvalue weighted by molar-refractivity contribution is -0.112. The van der Waals surface area contributed by atoms with E-state index in [0.717, 1.165) is 19.3 Å². The molecular formula is C13H14O. The van der Waals surface area contributed by atoms with Gasteiger partial charge in [0.15, 0.2) is 5.78 Å². The maximum absolute atomic E-state index is 11.0. The minimum atomic E-state index is 0.150. The summed E-state index contributed by atoms with van der Waals surface area (Å²) >= 11 is 0. The number of carbonyl (C=O) groups is 1. The van der Waals surface area contributed by atoms with Crippen LogP contribution in [0.3, 0.4) is 0 Å². The van der Waals surface area contributed by atoms with Crippen LogP contribution in [-0.2, 0) is 11.2 Å². The van der Waals surface area contributed by atoms with Crippen molar-refractivity contribution in [1.82, 2.24) is 0 Å². The molecule has 1 nitrogen and oxygen atoms in total. The minimum Gasteiger partial charge on any atom is -0.295 e. The first-order chi connectivity index (χ1) is 6.77. The van der Waals surface area contributed by atoms with Gasteiger partial charge in [0.2, 0.25) is 0 Å². The third-order valence-electron chi connectivity index (χ3n) is 2.63. The highest BCUT2D eigenvalue weighted by atomic mass is 16.1. The van der Waals surface area contributed by atoms with E-state index >= 15 is 0 Å². The van der Waals surface area contributed by atoms with E-state index in [-0.39, 0.29) is 5.78 Å². The number of aryl methyl sites for hydroxylation is 1. The highest BCUT2D eigenvalue weighted by Crippen LogP contribution is 2.30. The Bertz CT molecular complexity index is 388. The van der Waals surface area contributed by atoms with Crippen molar-refractivity contribution in [2.75, 3.05) is 0 Å². The van der Waals surface area contributed by atoms with Crippen molar-refractivity contribution in [3.05, 3.63) is 41.5 Å². The van der Waals surface area contributed by atoms with Crippen LogP contribution in [0.2, 0.25) is 0 Å². The molecule has 1 aliphatic carbocycles. The zero-order chi connectivity index (χ0) is 9.97. The second kappa shape index (κ2) is 3.79. The average molecular weight is 186 g/mol. The zero-order valence-electron chi connectivity index (χ0n) is 8.42. The molecule has 0 radical (unpaired) electrons. The van der Waals surface area contributed by atoms with Gasteiger partial charge in [0.05, 0.1) is 0 Å². The molecule has 1 aromatic carbocycles. The lowest BCUT2D eigenvalue weighted by Crippen LogP contribution is -2.02. The van der Waals surface area contributed by atoms with Gasteiger partial charge in [-0.2, -0.15) is 0 Å². The highest BCUT2D eigenvalue weighted by Gasteiger charge is 2.12. The Morgan fingerprint density at radius 2 is 2.07 bits per heavy atom. The number of rotatable bonds is 1. The lowest BCUT2D eigenvalue weighted by atomic mass is 9.87. The standard InChI is InChI=1S/C13H14O/c1-10(14)9-12-7-4-6-11-5-2-3-8-13(11)12/h2-3,5,8-9H,4,6-7H2,1H3/b12-9-. The van der Waals surface area contributed by atoms with Gasteiger partial charge in [0, 0.05) is 0 Å². The van der Waals surface area contributed by atoms with Gasteiger partial charge in [-0.1, -0.05) is 24.3 Å². The first-order valence-corrected chi connectivity index (χ1v) is 5.07. The maximum atomic E-state index is 11.0. The van der Waals surface area contributed by atoms with Crippen LogP contribution in [0.4, 0.5) is 0 Å². The average Bonchev–Trinajstić information content (AvgIpc) is 2.18. The Hall–Kier alpha value is -1.37. The first kappa shape index (κ1) is 9.20. The molecule has 1 aliphatic rings. The second-order valence-electron chi connectivity index (χ2n) is 3.79. The predicted molar refractivity (Wildman–Crippen MR) is 58.0 cm³/mol. The number of ketones is 1. The molecule has 0 unspecified atom stereocenters. The molecule has 0 bridgehead atoms. The van der Waals surface area contributed by atoms with Crippen molar-refractivity contribution in [1.29, 1.82) is 0 Å². The van der Waals surface area contributed by atoms with Crippen LogP contribution >= 0.6 is 0 Å². The second-order valence-corrected chi connectivity index (χ2v) is 3.79. The third kappa shape index (κ3) is 1.77. The van der Waals surface area contributed by atoms with Crippen LogP contribution in [0.1, 0.15) is 30.9 Å². The van der Waals surface area contributed by atoms with Crippen LogP contribution < -0.4 is 0 Å². The van der Waals surface area contributed by atoms with E-state index in [1.165, 1.54) is 16.7 Å². The van der Waals surface area contributed by atoms with Gasteiger partial charge in [-0.15, -0.1) is 0 Å². The Morgan fingerprint density at radius 1 is 1.29 bits per heavy atom. The summed E-state index contributed by atoms with van der Waals surface area (Å²) in [4.78, 5) is 11.0. The van der Waals surface area contributed by atoms with Gasteiger partial charge in [-0.25, -0.2) is 0 Å². The van der Waals surface area contributed by atoms with Gasteiger partial charge in [-0.3, -0.25) is 4.79 Å². The SMILES string of the molecule is CC(=O)/C=C1/CCCc2ccccc21. The number of hydrogen-bond acceptors (Lipinski definition) is 1. The van der Waals surface area contributed by atoms with Crippen LogP contribution in [0, 0.1) is 0 Å². The summed E-state index contributed by atoms with van der Waals surface area (Å²) in [6.07, 6.45) is 5.12. The summed E-state index contributed by atoms with van der Waals surface area (Å²) in [5, 5.41) is 0. The normalized spacial score (nSPS) is 17.9. The highest BCUT2D eigenvalue weighted by molar-refractivity contribution is 5.95. The van der Waals surface area contributed by atoms with Crippen LogP contribution in [-0.4, -0.2) is 5.78 Å². The molecule has 0 amide bonds. The van der Waals surface area contributed by atoms with Crippen molar-refractivity contribution in [2.24, 2.45) is 0 Å². The van der Waals surface area contributed by atoms with Gasteiger partial charge in [0.25, 0.3) is 0 Å². The fourth-order valence-electron chi connectivity index (χ4n) is 2.05. The molecule has 14 heavy (non-hydrogen) atoms. The molecule has 1 heteroatoms. The van der Waals surface area contributed by atoms with E-state index in [2.05, 4.69) is 18.2 Å². The molecule has 1 aromatic rings. The van der Waals surface area contributed by atoms with Crippen molar-refractivity contribution < 1.29 is 4.79 Å². The van der Waals surface area contributed by atoms with E-state index in [0.29, 0.717) is 0 Å². The number of fused-ring (bicyclic) bond motifs is 1. The summed E-state index contributed by atoms with van der Waals surface area (Å²) < 4.78 is 0. The molecular weight excluding hydrogens is 172 g/mol. The summed E-state index contributed by atoms with van der Waals surface area (Å²) in [7, 11) is 0. The van der Waals surface area contributed by atoms with E-state index < -0.39 is 0 Å². The van der Waals surface area contributed by atoms with Crippen molar-refractivity contribution in [3.8, 4) is 0 Å².